The van der Waals surface area contributed by atoms with Gasteiger partial charge in [-0.25, -0.2) is 8.42 Å². The molecule has 0 aromatic heterocycles. The second-order valence-electron chi connectivity index (χ2n) is 7.04. The minimum Gasteiger partial charge on any atom is -0.333 e. The zero-order chi connectivity index (χ0) is 19.0. The van der Waals surface area contributed by atoms with Crippen LogP contribution in [0.1, 0.15) is 22.8 Å². The summed E-state index contributed by atoms with van der Waals surface area (Å²) in [5.74, 6) is -0.122. The Morgan fingerprint density at radius 3 is 2.68 bits per heavy atom. The maximum Gasteiger partial charge on any atom is 0.264 e. The van der Waals surface area contributed by atoms with Crippen LogP contribution in [-0.4, -0.2) is 51.4 Å². The number of hydrogen-bond donors (Lipinski definition) is 1. The zero-order valence-corrected chi connectivity index (χ0v) is 17.3. The fourth-order valence-corrected chi connectivity index (χ4v) is 5.33. The van der Waals surface area contributed by atoms with Crippen LogP contribution in [0.5, 0.6) is 0 Å². The molecule has 2 heterocycles. The number of sulfonamides is 1. The lowest BCUT2D eigenvalue weighted by atomic mass is 10.1. The normalized spacial score (nSPS) is 19.1. The Balaban J connectivity index is 0.00000225. The standard InChI is InChI=1S/C20H23N3O3S.ClH/c1-15-14-21-10-12-22(15)20(24)17-6-4-7-18(13-17)27(25,26)23-11-9-16-5-2-3-8-19(16)23;/h2-8,13,15,21H,9-12,14H2,1H3;1H/t15-;/m0./s1. The predicted molar refractivity (Wildman–Crippen MR) is 112 cm³/mol. The molecule has 2 aromatic carbocycles. The van der Waals surface area contributed by atoms with E-state index in [1.165, 1.54) is 10.4 Å². The molecule has 2 aliphatic rings. The number of fused-ring (bicyclic) bond motifs is 1. The lowest BCUT2D eigenvalue weighted by molar-refractivity contribution is 0.0655. The largest absolute Gasteiger partial charge is 0.333 e. The summed E-state index contributed by atoms with van der Waals surface area (Å²) in [6.07, 6.45) is 0.701. The highest BCUT2D eigenvalue weighted by Gasteiger charge is 2.31. The van der Waals surface area contributed by atoms with Crippen molar-refractivity contribution >= 4 is 34.0 Å². The van der Waals surface area contributed by atoms with E-state index in [9.17, 15) is 13.2 Å². The minimum atomic E-state index is -3.70. The number of hydrogen-bond acceptors (Lipinski definition) is 4. The van der Waals surface area contributed by atoms with Crippen LogP contribution in [-0.2, 0) is 16.4 Å². The molecule has 1 N–H and O–H groups in total. The average Bonchev–Trinajstić information content (AvgIpc) is 3.13. The number of nitrogens with zero attached hydrogens (tertiary/aromatic N) is 2. The quantitative estimate of drug-likeness (QED) is 0.825. The highest BCUT2D eigenvalue weighted by molar-refractivity contribution is 7.92. The molecule has 2 aliphatic heterocycles. The van der Waals surface area contributed by atoms with Crippen molar-refractivity contribution in [3.8, 4) is 0 Å². The Bertz CT molecular complexity index is 980. The van der Waals surface area contributed by atoms with Gasteiger partial charge in [0.1, 0.15) is 0 Å². The fourth-order valence-electron chi connectivity index (χ4n) is 3.78. The molecule has 2 aromatic rings. The van der Waals surface area contributed by atoms with E-state index >= 15 is 0 Å². The maximum atomic E-state index is 13.2. The number of benzene rings is 2. The van der Waals surface area contributed by atoms with Crippen LogP contribution in [0.2, 0.25) is 0 Å². The summed E-state index contributed by atoms with van der Waals surface area (Å²) in [4.78, 5) is 14.9. The van der Waals surface area contributed by atoms with Gasteiger partial charge in [-0.2, -0.15) is 0 Å². The van der Waals surface area contributed by atoms with Crippen LogP contribution in [0, 0.1) is 0 Å². The Labute approximate surface area is 172 Å². The fraction of sp³-hybridized carbons (Fsp3) is 0.350. The van der Waals surface area contributed by atoms with E-state index in [4.69, 9.17) is 0 Å². The summed E-state index contributed by atoms with van der Waals surface area (Å²) >= 11 is 0. The number of anilines is 1. The highest BCUT2D eigenvalue weighted by Crippen LogP contribution is 2.32. The molecule has 1 fully saturated rings. The summed E-state index contributed by atoms with van der Waals surface area (Å²) in [6, 6.07) is 14.0. The van der Waals surface area contributed by atoms with E-state index in [2.05, 4.69) is 5.32 Å². The van der Waals surface area contributed by atoms with Crippen molar-refractivity contribution in [1.29, 1.82) is 0 Å². The number of para-hydroxylation sites is 1. The first kappa shape index (κ1) is 20.6. The number of carbonyl (C=O) groups is 1. The van der Waals surface area contributed by atoms with Crippen molar-refractivity contribution in [2.24, 2.45) is 0 Å². The molecule has 0 saturated carbocycles. The molecule has 4 rings (SSSR count). The number of amides is 1. The molecule has 150 valence electrons. The molecule has 0 unspecified atom stereocenters. The predicted octanol–water partition coefficient (Wildman–Crippen LogP) is 2.29. The van der Waals surface area contributed by atoms with Crippen molar-refractivity contribution < 1.29 is 13.2 Å². The number of rotatable bonds is 3. The van der Waals surface area contributed by atoms with Crippen molar-refractivity contribution in [2.75, 3.05) is 30.5 Å². The second-order valence-corrected chi connectivity index (χ2v) is 8.90. The molecule has 0 radical (unpaired) electrons. The number of nitrogens with one attached hydrogen (secondary N) is 1. The van der Waals surface area contributed by atoms with Gasteiger partial charge < -0.3 is 10.2 Å². The molecule has 1 atom stereocenters. The third-order valence-electron chi connectivity index (χ3n) is 5.28. The Hall–Kier alpha value is -2.09. The second kappa shape index (κ2) is 8.11. The molecule has 0 spiro atoms. The molecular weight excluding hydrogens is 398 g/mol. The molecule has 28 heavy (non-hydrogen) atoms. The lowest BCUT2D eigenvalue weighted by Crippen LogP contribution is -2.52. The molecule has 0 bridgehead atoms. The van der Waals surface area contributed by atoms with Gasteiger partial charge in [-0.1, -0.05) is 24.3 Å². The molecule has 0 aliphatic carbocycles. The smallest absolute Gasteiger partial charge is 0.264 e. The van der Waals surface area contributed by atoms with Crippen LogP contribution in [0.25, 0.3) is 0 Å². The van der Waals surface area contributed by atoms with Gasteiger partial charge in [-0.15, -0.1) is 12.4 Å². The number of piperazine rings is 1. The van der Waals surface area contributed by atoms with Gasteiger partial charge in [0.2, 0.25) is 0 Å². The first-order chi connectivity index (χ1) is 13.0. The Morgan fingerprint density at radius 1 is 1.11 bits per heavy atom. The summed E-state index contributed by atoms with van der Waals surface area (Å²) in [5, 5.41) is 3.26. The lowest BCUT2D eigenvalue weighted by Gasteiger charge is -2.34. The van der Waals surface area contributed by atoms with Crippen molar-refractivity contribution in [3.05, 3.63) is 59.7 Å². The zero-order valence-electron chi connectivity index (χ0n) is 15.7. The van der Waals surface area contributed by atoms with Gasteiger partial charge in [-0.3, -0.25) is 9.10 Å². The molecule has 6 nitrogen and oxygen atoms in total. The first-order valence-electron chi connectivity index (χ1n) is 9.21. The summed E-state index contributed by atoms with van der Waals surface area (Å²) < 4.78 is 27.9. The Kier molecular flexibility index (Phi) is 5.98. The van der Waals surface area contributed by atoms with E-state index in [1.807, 2.05) is 31.2 Å². The molecule has 1 saturated heterocycles. The van der Waals surface area contributed by atoms with E-state index in [1.54, 1.807) is 23.1 Å². The minimum absolute atomic E-state index is 0. The van der Waals surface area contributed by atoms with E-state index in [0.29, 0.717) is 25.1 Å². The Morgan fingerprint density at radius 2 is 1.89 bits per heavy atom. The van der Waals surface area contributed by atoms with Gasteiger partial charge in [0, 0.05) is 37.8 Å². The van der Waals surface area contributed by atoms with Gasteiger partial charge in [-0.05, 0) is 43.2 Å². The highest BCUT2D eigenvalue weighted by atomic mass is 35.5. The molecule has 1 amide bonds. The van der Waals surface area contributed by atoms with E-state index in [-0.39, 0.29) is 29.3 Å². The average molecular weight is 422 g/mol. The summed E-state index contributed by atoms with van der Waals surface area (Å²) in [7, 11) is -3.70. The number of carbonyl (C=O) groups excluding carboxylic acids is 1. The van der Waals surface area contributed by atoms with Crippen molar-refractivity contribution in [2.45, 2.75) is 24.3 Å². The van der Waals surface area contributed by atoms with Crippen LogP contribution < -0.4 is 9.62 Å². The molecular formula is C20H24ClN3O3S. The van der Waals surface area contributed by atoms with Crippen LogP contribution in [0.4, 0.5) is 5.69 Å². The van der Waals surface area contributed by atoms with Crippen molar-refractivity contribution in [3.63, 3.8) is 0 Å². The molecule has 8 heteroatoms. The van der Waals surface area contributed by atoms with Crippen molar-refractivity contribution in [1.82, 2.24) is 10.2 Å². The summed E-state index contributed by atoms with van der Waals surface area (Å²) in [5.41, 5.74) is 2.17. The summed E-state index contributed by atoms with van der Waals surface area (Å²) in [6.45, 7) is 4.53. The monoisotopic (exact) mass is 421 g/mol. The number of halogens is 1. The van der Waals surface area contributed by atoms with Gasteiger partial charge in [0.15, 0.2) is 0 Å². The maximum absolute atomic E-state index is 13.2. The first-order valence-corrected chi connectivity index (χ1v) is 10.6. The third-order valence-corrected chi connectivity index (χ3v) is 7.08. The third kappa shape index (κ3) is 3.62. The topological polar surface area (TPSA) is 69.7 Å². The van der Waals surface area contributed by atoms with Crippen LogP contribution in [0.3, 0.4) is 0 Å². The van der Waals surface area contributed by atoms with Gasteiger partial charge in [0.25, 0.3) is 15.9 Å². The van der Waals surface area contributed by atoms with E-state index in [0.717, 1.165) is 24.3 Å². The van der Waals surface area contributed by atoms with Crippen LogP contribution >= 0.6 is 12.4 Å². The van der Waals surface area contributed by atoms with Gasteiger partial charge in [0.05, 0.1) is 10.6 Å². The SMILES string of the molecule is C[C@H]1CNCCN1C(=O)c1cccc(S(=O)(=O)N2CCc3ccccc32)c1.Cl. The van der Waals surface area contributed by atoms with Crippen LogP contribution in [0.15, 0.2) is 53.4 Å². The van der Waals surface area contributed by atoms with Gasteiger partial charge >= 0.3 is 0 Å². The van der Waals surface area contributed by atoms with E-state index < -0.39 is 10.0 Å².